The second-order valence-electron chi connectivity index (χ2n) is 6.24. The summed E-state index contributed by atoms with van der Waals surface area (Å²) in [5, 5.41) is 14.9. The quantitative estimate of drug-likeness (QED) is 0.416. The molecule has 150 valence electrons. The van der Waals surface area contributed by atoms with Gasteiger partial charge in [-0.2, -0.15) is 0 Å². The standard InChI is InChI=1S/C19H11ClN4O4S2/c20-11-6-9(3-4-12(11)28-7-10-2-1-5-29-10)24-16-13-14(23-19(24)27)15(18(25)26)30-17(13)22-8-21-16/h1-6,8H,7H2,(H,23,27)(H,25,26). The highest BCUT2D eigenvalue weighted by Crippen LogP contribution is 2.45. The van der Waals surface area contributed by atoms with E-state index in [-0.39, 0.29) is 10.6 Å². The number of carboxylic acid groups (broad SMARTS) is 1. The van der Waals surface area contributed by atoms with Gasteiger partial charge in [-0.1, -0.05) is 17.7 Å². The highest BCUT2D eigenvalue weighted by atomic mass is 35.5. The number of aromatic nitrogens is 2. The number of carbonyl (C=O) groups is 2. The zero-order valence-corrected chi connectivity index (χ0v) is 17.3. The van der Waals surface area contributed by atoms with Crippen LogP contribution in [0.5, 0.6) is 5.75 Å². The van der Waals surface area contributed by atoms with E-state index in [0.717, 1.165) is 16.2 Å². The molecule has 3 aromatic heterocycles. The van der Waals surface area contributed by atoms with Gasteiger partial charge in [0, 0.05) is 4.88 Å². The molecule has 5 rings (SSSR count). The number of carboxylic acids is 1. The van der Waals surface area contributed by atoms with Crippen LogP contribution in [0.4, 0.5) is 22.0 Å². The number of thiophene rings is 2. The molecule has 30 heavy (non-hydrogen) atoms. The molecule has 1 aliphatic heterocycles. The molecule has 0 bridgehead atoms. The monoisotopic (exact) mass is 458 g/mol. The van der Waals surface area contributed by atoms with Crippen molar-refractivity contribution < 1.29 is 19.4 Å². The van der Waals surface area contributed by atoms with Gasteiger partial charge in [0.15, 0.2) is 5.82 Å². The molecule has 0 unspecified atom stereocenters. The van der Waals surface area contributed by atoms with E-state index >= 15 is 0 Å². The van der Waals surface area contributed by atoms with Crippen LogP contribution in [0.15, 0.2) is 42.0 Å². The molecular weight excluding hydrogens is 448 g/mol. The van der Waals surface area contributed by atoms with Crippen LogP contribution >= 0.6 is 34.3 Å². The van der Waals surface area contributed by atoms with Crippen molar-refractivity contribution in [2.75, 3.05) is 10.2 Å². The summed E-state index contributed by atoms with van der Waals surface area (Å²) in [4.78, 5) is 35.6. The molecule has 0 aliphatic carbocycles. The third-order valence-electron chi connectivity index (χ3n) is 4.43. The van der Waals surface area contributed by atoms with Crippen molar-refractivity contribution >= 4 is 73.7 Å². The van der Waals surface area contributed by atoms with Gasteiger partial charge >= 0.3 is 12.0 Å². The minimum absolute atomic E-state index is 0.00936. The maximum atomic E-state index is 12.8. The lowest BCUT2D eigenvalue weighted by Gasteiger charge is -2.27. The van der Waals surface area contributed by atoms with Gasteiger partial charge in [-0.3, -0.25) is 0 Å². The molecule has 1 aromatic carbocycles. The van der Waals surface area contributed by atoms with Crippen molar-refractivity contribution in [1.82, 2.24) is 9.97 Å². The van der Waals surface area contributed by atoms with Crippen LogP contribution in [0.25, 0.3) is 10.2 Å². The minimum Gasteiger partial charge on any atom is -0.487 e. The van der Waals surface area contributed by atoms with E-state index in [1.54, 1.807) is 29.5 Å². The van der Waals surface area contributed by atoms with Crippen molar-refractivity contribution in [3.8, 4) is 5.75 Å². The normalized spacial score (nSPS) is 12.8. The molecule has 0 spiro atoms. The van der Waals surface area contributed by atoms with E-state index in [9.17, 15) is 14.7 Å². The SMILES string of the molecule is O=C(O)c1sc2ncnc3c2c1NC(=O)N3c1ccc(OCc2cccs2)c(Cl)c1. The summed E-state index contributed by atoms with van der Waals surface area (Å²) in [6.45, 7) is 0.393. The molecule has 0 atom stereocenters. The summed E-state index contributed by atoms with van der Waals surface area (Å²) < 4.78 is 5.76. The summed E-state index contributed by atoms with van der Waals surface area (Å²) in [5.41, 5.74) is 0.677. The Morgan fingerprint density at radius 3 is 2.90 bits per heavy atom. The maximum Gasteiger partial charge on any atom is 0.348 e. The Hall–Kier alpha value is -3.21. The number of amides is 2. The molecule has 0 saturated heterocycles. The van der Waals surface area contributed by atoms with Gasteiger partial charge in [0.2, 0.25) is 0 Å². The first-order valence-electron chi connectivity index (χ1n) is 8.59. The Morgan fingerprint density at radius 2 is 2.17 bits per heavy atom. The number of ether oxygens (including phenoxy) is 1. The molecule has 2 N–H and O–H groups in total. The average molecular weight is 459 g/mol. The largest absolute Gasteiger partial charge is 0.487 e. The maximum absolute atomic E-state index is 12.8. The summed E-state index contributed by atoms with van der Waals surface area (Å²) in [6.07, 6.45) is 1.30. The number of nitrogens with zero attached hydrogens (tertiary/aromatic N) is 3. The van der Waals surface area contributed by atoms with E-state index in [1.807, 2.05) is 17.5 Å². The molecule has 2 amide bonds. The number of carbonyl (C=O) groups excluding carboxylic acids is 1. The summed E-state index contributed by atoms with van der Waals surface area (Å²) in [7, 11) is 0. The Labute approximate surface area is 182 Å². The number of rotatable bonds is 5. The molecule has 8 nitrogen and oxygen atoms in total. The Morgan fingerprint density at radius 1 is 1.30 bits per heavy atom. The van der Waals surface area contributed by atoms with E-state index in [0.29, 0.717) is 39.1 Å². The first kappa shape index (κ1) is 18.8. The molecule has 0 radical (unpaired) electrons. The topological polar surface area (TPSA) is 105 Å². The van der Waals surface area contributed by atoms with Crippen molar-refractivity contribution in [3.05, 3.63) is 56.8 Å². The minimum atomic E-state index is -1.14. The second-order valence-corrected chi connectivity index (χ2v) is 8.68. The molecule has 4 heterocycles. The molecular formula is C19H11ClN4O4S2. The fraction of sp³-hybridized carbons (Fsp3) is 0.0526. The van der Waals surface area contributed by atoms with Gasteiger partial charge in [0.05, 0.1) is 21.8 Å². The number of anilines is 3. The lowest BCUT2D eigenvalue weighted by Crippen LogP contribution is -2.34. The number of aromatic carboxylic acids is 1. The molecule has 11 heteroatoms. The highest BCUT2D eigenvalue weighted by molar-refractivity contribution is 7.21. The van der Waals surface area contributed by atoms with Gasteiger partial charge in [-0.05, 0) is 29.6 Å². The smallest absolute Gasteiger partial charge is 0.348 e. The van der Waals surface area contributed by atoms with E-state index in [1.165, 1.54) is 11.2 Å². The van der Waals surface area contributed by atoms with Crippen molar-refractivity contribution in [2.45, 2.75) is 6.61 Å². The number of hydrogen-bond acceptors (Lipinski definition) is 7. The Balaban J connectivity index is 1.53. The van der Waals surface area contributed by atoms with Gasteiger partial charge in [0.25, 0.3) is 0 Å². The zero-order valence-electron chi connectivity index (χ0n) is 15.0. The van der Waals surface area contributed by atoms with Crippen molar-refractivity contribution in [3.63, 3.8) is 0 Å². The Kier molecular flexibility index (Phi) is 4.54. The van der Waals surface area contributed by atoms with Crippen LogP contribution in [-0.2, 0) is 6.61 Å². The molecule has 1 aliphatic rings. The summed E-state index contributed by atoms with van der Waals surface area (Å²) >= 11 is 8.97. The fourth-order valence-corrected chi connectivity index (χ4v) is 4.92. The molecule has 4 aromatic rings. The average Bonchev–Trinajstić information content (AvgIpc) is 3.36. The predicted octanol–water partition coefficient (Wildman–Crippen LogP) is 5.37. The Bertz CT molecular complexity index is 1310. The van der Waals surface area contributed by atoms with Gasteiger partial charge < -0.3 is 15.2 Å². The van der Waals surface area contributed by atoms with Crippen molar-refractivity contribution in [1.29, 1.82) is 0 Å². The van der Waals surface area contributed by atoms with Gasteiger partial charge in [-0.15, -0.1) is 22.7 Å². The molecule has 0 fully saturated rings. The number of benzene rings is 1. The summed E-state index contributed by atoms with van der Waals surface area (Å²) in [5.74, 6) is -0.350. The summed E-state index contributed by atoms with van der Waals surface area (Å²) in [6, 6.07) is 8.36. The predicted molar refractivity (Wildman–Crippen MR) is 116 cm³/mol. The number of halogens is 1. The van der Waals surface area contributed by atoms with Crippen LogP contribution < -0.4 is 15.0 Å². The van der Waals surface area contributed by atoms with Gasteiger partial charge in [0.1, 0.15) is 28.4 Å². The third-order valence-corrected chi connectivity index (χ3v) is 6.66. The first-order valence-corrected chi connectivity index (χ1v) is 10.7. The van der Waals surface area contributed by atoms with Crippen molar-refractivity contribution in [2.24, 2.45) is 0 Å². The number of nitrogens with one attached hydrogen (secondary N) is 1. The van der Waals surface area contributed by atoms with Crippen LogP contribution in [0.3, 0.4) is 0 Å². The third kappa shape index (κ3) is 3.05. The zero-order chi connectivity index (χ0) is 20.8. The van der Waals surface area contributed by atoms with E-state index in [4.69, 9.17) is 16.3 Å². The van der Waals surface area contributed by atoms with Gasteiger partial charge in [-0.25, -0.2) is 24.5 Å². The lowest BCUT2D eigenvalue weighted by molar-refractivity contribution is 0.0703. The second kappa shape index (κ2) is 7.24. The van der Waals surface area contributed by atoms with Crippen LogP contribution in [-0.4, -0.2) is 27.1 Å². The lowest BCUT2D eigenvalue weighted by atomic mass is 10.2. The van der Waals surface area contributed by atoms with Crippen LogP contribution in [0.1, 0.15) is 14.5 Å². The molecule has 0 saturated carbocycles. The van der Waals surface area contributed by atoms with Crippen LogP contribution in [0.2, 0.25) is 5.02 Å². The van der Waals surface area contributed by atoms with Crippen LogP contribution in [0, 0.1) is 0 Å². The number of hydrogen-bond donors (Lipinski definition) is 2. The number of urea groups is 1. The highest BCUT2D eigenvalue weighted by Gasteiger charge is 2.34. The fourth-order valence-electron chi connectivity index (χ4n) is 3.15. The van der Waals surface area contributed by atoms with E-state index < -0.39 is 12.0 Å². The first-order chi connectivity index (χ1) is 14.5. The van der Waals surface area contributed by atoms with E-state index in [2.05, 4.69) is 15.3 Å².